The normalized spacial score (nSPS) is 18.8. The molecule has 2 rings (SSSR count). The van der Waals surface area contributed by atoms with Gasteiger partial charge >= 0.3 is 0 Å². The standard InChI is InChI=1S/C11H19N3O/c1-3-4-5-10-13-11(15-14-10)8(2)9-6-12-7-9/h8-9,12H,3-7H2,1-2H3. The van der Waals surface area contributed by atoms with E-state index in [9.17, 15) is 0 Å². The van der Waals surface area contributed by atoms with Crippen LogP contribution in [0, 0.1) is 5.92 Å². The maximum atomic E-state index is 5.29. The molecule has 1 aromatic rings. The fourth-order valence-electron chi connectivity index (χ4n) is 1.76. The summed E-state index contributed by atoms with van der Waals surface area (Å²) in [6, 6.07) is 0. The highest BCUT2D eigenvalue weighted by Crippen LogP contribution is 2.25. The first kappa shape index (κ1) is 10.6. The summed E-state index contributed by atoms with van der Waals surface area (Å²) in [5.41, 5.74) is 0. The van der Waals surface area contributed by atoms with Crippen LogP contribution in [0.15, 0.2) is 4.52 Å². The van der Waals surface area contributed by atoms with E-state index in [1.807, 2.05) is 0 Å². The van der Waals surface area contributed by atoms with Gasteiger partial charge in [-0.1, -0.05) is 25.4 Å². The van der Waals surface area contributed by atoms with Crippen molar-refractivity contribution < 1.29 is 4.52 Å². The van der Waals surface area contributed by atoms with Gasteiger partial charge in [0.2, 0.25) is 5.89 Å². The van der Waals surface area contributed by atoms with Crippen molar-refractivity contribution in [2.75, 3.05) is 13.1 Å². The number of aromatic nitrogens is 2. The van der Waals surface area contributed by atoms with E-state index in [1.54, 1.807) is 0 Å². The van der Waals surface area contributed by atoms with Crippen molar-refractivity contribution in [2.24, 2.45) is 5.92 Å². The number of nitrogens with one attached hydrogen (secondary N) is 1. The fourth-order valence-corrected chi connectivity index (χ4v) is 1.76. The first-order chi connectivity index (χ1) is 7.31. The van der Waals surface area contributed by atoms with E-state index >= 15 is 0 Å². The molecule has 1 aliphatic rings. The molecule has 0 bridgehead atoms. The molecule has 1 aliphatic heterocycles. The first-order valence-corrected chi connectivity index (χ1v) is 5.84. The van der Waals surface area contributed by atoms with Gasteiger partial charge in [0.25, 0.3) is 0 Å². The monoisotopic (exact) mass is 209 g/mol. The van der Waals surface area contributed by atoms with Crippen molar-refractivity contribution in [3.63, 3.8) is 0 Å². The summed E-state index contributed by atoms with van der Waals surface area (Å²) < 4.78 is 5.29. The van der Waals surface area contributed by atoms with E-state index in [0.717, 1.165) is 37.6 Å². The Kier molecular flexibility index (Phi) is 3.36. The quantitative estimate of drug-likeness (QED) is 0.802. The summed E-state index contributed by atoms with van der Waals surface area (Å²) in [6.45, 7) is 6.49. The van der Waals surface area contributed by atoms with Crippen LogP contribution in [0.5, 0.6) is 0 Å². The number of aryl methyl sites for hydroxylation is 1. The minimum absolute atomic E-state index is 0.397. The van der Waals surface area contributed by atoms with Gasteiger partial charge in [0.15, 0.2) is 5.82 Å². The molecule has 2 heterocycles. The largest absolute Gasteiger partial charge is 0.339 e. The van der Waals surface area contributed by atoms with Crippen molar-refractivity contribution in [2.45, 2.75) is 39.0 Å². The summed E-state index contributed by atoms with van der Waals surface area (Å²) in [5, 5.41) is 7.27. The number of unbranched alkanes of at least 4 members (excludes halogenated alkanes) is 1. The molecule has 4 heteroatoms. The molecule has 0 saturated carbocycles. The molecule has 0 aromatic carbocycles. The molecule has 0 radical (unpaired) electrons. The van der Waals surface area contributed by atoms with Crippen LogP contribution in [0.3, 0.4) is 0 Å². The summed E-state index contributed by atoms with van der Waals surface area (Å²) in [6.07, 6.45) is 3.25. The van der Waals surface area contributed by atoms with E-state index in [2.05, 4.69) is 29.3 Å². The first-order valence-electron chi connectivity index (χ1n) is 5.84. The Hall–Kier alpha value is -0.900. The molecule has 1 fully saturated rings. The predicted octanol–water partition coefficient (Wildman–Crippen LogP) is 1.74. The maximum Gasteiger partial charge on any atom is 0.229 e. The summed E-state index contributed by atoms with van der Waals surface area (Å²) in [7, 11) is 0. The van der Waals surface area contributed by atoms with Crippen LogP contribution in [0.2, 0.25) is 0 Å². The SMILES string of the molecule is CCCCc1noc(C(C)C2CNC2)n1. The van der Waals surface area contributed by atoms with Crippen LogP contribution in [0.4, 0.5) is 0 Å². The fraction of sp³-hybridized carbons (Fsp3) is 0.818. The molecule has 0 amide bonds. The lowest BCUT2D eigenvalue weighted by Crippen LogP contribution is -2.44. The van der Waals surface area contributed by atoms with Crippen LogP contribution in [-0.2, 0) is 6.42 Å². The highest BCUT2D eigenvalue weighted by atomic mass is 16.5. The minimum atomic E-state index is 0.397. The van der Waals surface area contributed by atoms with Gasteiger partial charge in [0, 0.05) is 12.3 Å². The lowest BCUT2D eigenvalue weighted by molar-refractivity contribution is 0.252. The zero-order valence-electron chi connectivity index (χ0n) is 9.49. The molecule has 84 valence electrons. The zero-order valence-corrected chi connectivity index (χ0v) is 9.49. The van der Waals surface area contributed by atoms with Crippen LogP contribution >= 0.6 is 0 Å². The van der Waals surface area contributed by atoms with Gasteiger partial charge in [-0.3, -0.25) is 0 Å². The smallest absolute Gasteiger partial charge is 0.229 e. The zero-order chi connectivity index (χ0) is 10.7. The van der Waals surface area contributed by atoms with E-state index in [-0.39, 0.29) is 0 Å². The molecule has 0 aliphatic carbocycles. The molecule has 1 N–H and O–H groups in total. The van der Waals surface area contributed by atoms with Gasteiger partial charge in [-0.05, 0) is 25.4 Å². The summed E-state index contributed by atoms with van der Waals surface area (Å²) in [5.74, 6) is 2.75. The summed E-state index contributed by atoms with van der Waals surface area (Å²) >= 11 is 0. The Labute approximate surface area is 90.4 Å². The average molecular weight is 209 g/mol. The van der Waals surface area contributed by atoms with Gasteiger partial charge in [-0.15, -0.1) is 0 Å². The average Bonchev–Trinajstić information content (AvgIpc) is 2.60. The van der Waals surface area contributed by atoms with Crippen LogP contribution in [0.1, 0.15) is 44.3 Å². The van der Waals surface area contributed by atoms with Gasteiger partial charge in [-0.2, -0.15) is 4.98 Å². The van der Waals surface area contributed by atoms with Gasteiger partial charge in [0.05, 0.1) is 0 Å². The molecular formula is C11H19N3O. The van der Waals surface area contributed by atoms with Crippen LogP contribution in [-0.4, -0.2) is 23.2 Å². The maximum absolute atomic E-state index is 5.29. The third-order valence-electron chi connectivity index (χ3n) is 3.15. The lowest BCUT2D eigenvalue weighted by atomic mass is 9.89. The van der Waals surface area contributed by atoms with Crippen LogP contribution < -0.4 is 5.32 Å². The van der Waals surface area contributed by atoms with Crippen molar-refractivity contribution in [1.29, 1.82) is 0 Å². The number of hydrogen-bond donors (Lipinski definition) is 1. The Bertz CT molecular complexity index is 307. The Morgan fingerprint density at radius 2 is 2.33 bits per heavy atom. The molecule has 0 spiro atoms. The highest BCUT2D eigenvalue weighted by Gasteiger charge is 2.28. The number of nitrogens with zero attached hydrogens (tertiary/aromatic N) is 2. The molecule has 4 nitrogen and oxygen atoms in total. The third kappa shape index (κ3) is 2.37. The number of rotatable bonds is 5. The van der Waals surface area contributed by atoms with Crippen molar-refractivity contribution in [1.82, 2.24) is 15.5 Å². The Balaban J connectivity index is 1.93. The van der Waals surface area contributed by atoms with Crippen LogP contribution in [0.25, 0.3) is 0 Å². The van der Waals surface area contributed by atoms with E-state index in [4.69, 9.17) is 4.52 Å². The summed E-state index contributed by atoms with van der Waals surface area (Å²) in [4.78, 5) is 4.45. The molecule has 1 atom stereocenters. The van der Waals surface area contributed by atoms with Gasteiger partial charge in [-0.25, -0.2) is 0 Å². The van der Waals surface area contributed by atoms with Crippen molar-refractivity contribution in [3.8, 4) is 0 Å². The molecule has 1 aromatic heterocycles. The predicted molar refractivity (Wildman–Crippen MR) is 57.7 cm³/mol. The molecule has 15 heavy (non-hydrogen) atoms. The topological polar surface area (TPSA) is 51.0 Å². The lowest BCUT2D eigenvalue weighted by Gasteiger charge is -2.30. The third-order valence-corrected chi connectivity index (χ3v) is 3.15. The molecular weight excluding hydrogens is 190 g/mol. The van der Waals surface area contributed by atoms with E-state index in [0.29, 0.717) is 11.8 Å². The van der Waals surface area contributed by atoms with E-state index < -0.39 is 0 Å². The minimum Gasteiger partial charge on any atom is -0.339 e. The van der Waals surface area contributed by atoms with Crippen molar-refractivity contribution >= 4 is 0 Å². The number of hydrogen-bond acceptors (Lipinski definition) is 4. The molecule has 1 unspecified atom stereocenters. The Morgan fingerprint density at radius 3 is 2.93 bits per heavy atom. The highest BCUT2D eigenvalue weighted by molar-refractivity contribution is 4.98. The van der Waals surface area contributed by atoms with E-state index in [1.165, 1.54) is 6.42 Å². The van der Waals surface area contributed by atoms with Gasteiger partial charge < -0.3 is 9.84 Å². The molecule has 1 saturated heterocycles. The van der Waals surface area contributed by atoms with Crippen molar-refractivity contribution in [3.05, 3.63) is 11.7 Å². The Morgan fingerprint density at radius 1 is 1.53 bits per heavy atom. The van der Waals surface area contributed by atoms with Gasteiger partial charge in [0.1, 0.15) is 0 Å². The second kappa shape index (κ2) is 4.75. The second-order valence-corrected chi connectivity index (χ2v) is 4.36. The second-order valence-electron chi connectivity index (χ2n) is 4.36.